The molecule has 0 rings (SSSR count). The van der Waals surface area contributed by atoms with Crippen LogP contribution in [0.4, 0.5) is 0 Å². The minimum Gasteiger partial charge on any atom is -0.459 e. The molecule has 0 aromatic rings. The van der Waals surface area contributed by atoms with Gasteiger partial charge in [0, 0.05) is 0 Å². The Morgan fingerprint density at radius 2 is 0.674 bits per heavy atom. The minimum absolute atomic E-state index is 0.222. The van der Waals surface area contributed by atoms with Gasteiger partial charge in [-0.05, 0) is 94.8 Å². The van der Waals surface area contributed by atoms with E-state index >= 15 is 0 Å². The first kappa shape index (κ1) is 41.4. The summed E-state index contributed by atoms with van der Waals surface area (Å²) >= 11 is 0. The van der Waals surface area contributed by atoms with E-state index in [0.717, 1.165) is 0 Å². The van der Waals surface area contributed by atoms with Crippen LogP contribution < -0.4 is 0 Å². The van der Waals surface area contributed by atoms with Crippen LogP contribution in [0.5, 0.6) is 0 Å². The van der Waals surface area contributed by atoms with Crippen LogP contribution in [0.3, 0.4) is 0 Å². The molecule has 0 aromatic heterocycles. The molecule has 43 heavy (non-hydrogen) atoms. The quantitative estimate of drug-likeness (QED) is 0.108. The molecule has 0 saturated carbocycles. The lowest BCUT2D eigenvalue weighted by Gasteiger charge is -2.38. The van der Waals surface area contributed by atoms with Crippen molar-refractivity contribution in [2.75, 3.05) is 0 Å². The maximum atomic E-state index is 13.9. The summed E-state index contributed by atoms with van der Waals surface area (Å²) in [5.41, 5.74) is -4.87. The van der Waals surface area contributed by atoms with E-state index in [4.69, 9.17) is 14.2 Å². The first-order chi connectivity index (χ1) is 19.3. The Bertz CT molecular complexity index is 793. The molecule has 0 spiro atoms. The summed E-state index contributed by atoms with van der Waals surface area (Å²) < 4.78 is 18.0. The number of esters is 3. The standard InChI is InChI=1S/C36H68O7/c1-24(2)16-33(13,17-25(3)4)41-30(37)22-36(40,32(39)43-35(15,20-28(9)10)21-29(11)12)23-31(38)42-34(14,18-26(5)6)19-27(7)8/h24-29,40H,16-23H2,1-15H3. The topological polar surface area (TPSA) is 99.1 Å². The van der Waals surface area contributed by atoms with E-state index < -0.39 is 53.2 Å². The molecule has 0 heterocycles. The number of carbonyl (C=O) groups is 3. The second-order valence-corrected chi connectivity index (χ2v) is 16.7. The normalized spacial score (nSPS) is 13.5. The van der Waals surface area contributed by atoms with Gasteiger partial charge in [0.05, 0.1) is 12.8 Å². The molecule has 0 radical (unpaired) electrons. The molecule has 0 atom stereocenters. The molecule has 0 amide bonds. The lowest BCUT2D eigenvalue weighted by Crippen LogP contribution is -2.50. The van der Waals surface area contributed by atoms with E-state index in [1.807, 2.05) is 48.5 Å². The van der Waals surface area contributed by atoms with E-state index in [9.17, 15) is 19.5 Å². The second kappa shape index (κ2) is 17.2. The van der Waals surface area contributed by atoms with Gasteiger partial charge in [0.1, 0.15) is 16.8 Å². The zero-order chi connectivity index (χ0) is 34.0. The lowest BCUT2D eigenvalue weighted by molar-refractivity contribution is -0.196. The smallest absolute Gasteiger partial charge is 0.339 e. The second-order valence-electron chi connectivity index (χ2n) is 16.7. The molecule has 7 nitrogen and oxygen atoms in total. The zero-order valence-corrected chi connectivity index (χ0v) is 30.5. The molecule has 0 aliphatic heterocycles. The molecule has 0 bridgehead atoms. The van der Waals surface area contributed by atoms with Crippen LogP contribution in [0.1, 0.15) is 155 Å². The fraction of sp³-hybridized carbons (Fsp3) is 0.917. The number of carbonyl (C=O) groups excluding carboxylic acids is 3. The van der Waals surface area contributed by atoms with Crippen molar-refractivity contribution < 1.29 is 33.7 Å². The number of ether oxygens (including phenoxy) is 3. The van der Waals surface area contributed by atoms with Crippen LogP contribution in [0.2, 0.25) is 0 Å². The van der Waals surface area contributed by atoms with Crippen LogP contribution in [0, 0.1) is 35.5 Å². The minimum atomic E-state index is -2.43. The monoisotopic (exact) mass is 612 g/mol. The van der Waals surface area contributed by atoms with Crippen molar-refractivity contribution in [3.63, 3.8) is 0 Å². The Labute approximate surface area is 264 Å². The Balaban J connectivity index is 6.45. The highest BCUT2D eigenvalue weighted by Crippen LogP contribution is 2.35. The SMILES string of the molecule is CC(C)CC(C)(CC(C)C)OC(=O)CC(O)(CC(=O)OC(C)(CC(C)C)CC(C)C)C(=O)OC(C)(CC(C)C)CC(C)C. The van der Waals surface area contributed by atoms with Crippen LogP contribution in [-0.4, -0.2) is 45.4 Å². The zero-order valence-electron chi connectivity index (χ0n) is 30.5. The summed E-state index contributed by atoms with van der Waals surface area (Å²) in [5, 5.41) is 11.9. The summed E-state index contributed by atoms with van der Waals surface area (Å²) in [4.78, 5) is 40.8. The van der Waals surface area contributed by atoms with Gasteiger partial charge in [-0.15, -0.1) is 0 Å². The van der Waals surface area contributed by atoms with Crippen LogP contribution >= 0.6 is 0 Å². The average molecular weight is 613 g/mol. The van der Waals surface area contributed by atoms with Gasteiger partial charge in [0.15, 0.2) is 5.60 Å². The summed E-state index contributed by atoms with van der Waals surface area (Å²) in [6, 6.07) is 0. The van der Waals surface area contributed by atoms with Gasteiger partial charge in [-0.3, -0.25) is 9.59 Å². The van der Waals surface area contributed by atoms with Gasteiger partial charge in [0.25, 0.3) is 0 Å². The van der Waals surface area contributed by atoms with Gasteiger partial charge in [0.2, 0.25) is 0 Å². The number of rotatable bonds is 20. The van der Waals surface area contributed by atoms with E-state index in [1.54, 1.807) is 0 Å². The van der Waals surface area contributed by atoms with Crippen LogP contribution in [0.15, 0.2) is 0 Å². The van der Waals surface area contributed by atoms with Crippen molar-refractivity contribution in [1.82, 2.24) is 0 Å². The Hall–Kier alpha value is -1.63. The van der Waals surface area contributed by atoms with Crippen molar-refractivity contribution in [3.05, 3.63) is 0 Å². The summed E-state index contributed by atoms with van der Waals surface area (Å²) in [7, 11) is 0. The molecule has 0 saturated heterocycles. The maximum absolute atomic E-state index is 13.9. The van der Waals surface area contributed by atoms with Gasteiger partial charge >= 0.3 is 17.9 Å². The van der Waals surface area contributed by atoms with Crippen molar-refractivity contribution >= 4 is 17.9 Å². The molecule has 0 aliphatic rings. The fourth-order valence-corrected chi connectivity index (χ4v) is 7.31. The highest BCUT2D eigenvalue weighted by molar-refractivity contribution is 5.90. The first-order valence-electron chi connectivity index (χ1n) is 16.7. The Morgan fingerprint density at radius 3 is 0.884 bits per heavy atom. The molecule has 0 unspecified atom stereocenters. The maximum Gasteiger partial charge on any atom is 0.339 e. The van der Waals surface area contributed by atoms with E-state index in [-0.39, 0.29) is 35.5 Å². The molecule has 0 fully saturated rings. The van der Waals surface area contributed by atoms with Gasteiger partial charge in [-0.1, -0.05) is 83.1 Å². The number of hydrogen-bond acceptors (Lipinski definition) is 7. The molecule has 0 aliphatic carbocycles. The van der Waals surface area contributed by atoms with Gasteiger partial charge in [-0.25, -0.2) is 4.79 Å². The van der Waals surface area contributed by atoms with Crippen molar-refractivity contribution in [1.29, 1.82) is 0 Å². The van der Waals surface area contributed by atoms with E-state index in [2.05, 4.69) is 55.4 Å². The molecular weight excluding hydrogens is 544 g/mol. The van der Waals surface area contributed by atoms with Crippen molar-refractivity contribution in [2.45, 2.75) is 178 Å². The molecule has 1 N–H and O–H groups in total. The average Bonchev–Trinajstić information content (AvgIpc) is 2.67. The number of hydrogen-bond donors (Lipinski definition) is 1. The predicted octanol–water partition coefficient (Wildman–Crippen LogP) is 8.68. The highest BCUT2D eigenvalue weighted by Gasteiger charge is 2.48. The Morgan fingerprint density at radius 1 is 0.465 bits per heavy atom. The van der Waals surface area contributed by atoms with Crippen molar-refractivity contribution in [2.24, 2.45) is 35.5 Å². The first-order valence-corrected chi connectivity index (χ1v) is 16.7. The third kappa shape index (κ3) is 16.9. The third-order valence-electron chi connectivity index (χ3n) is 7.35. The lowest BCUT2D eigenvalue weighted by atomic mass is 9.85. The molecule has 7 heteroatoms. The summed E-state index contributed by atoms with van der Waals surface area (Å²) in [6.07, 6.45) is 2.27. The Kier molecular flexibility index (Phi) is 16.5. The van der Waals surface area contributed by atoms with Crippen LogP contribution in [0.25, 0.3) is 0 Å². The number of aliphatic hydroxyl groups is 1. The van der Waals surface area contributed by atoms with Gasteiger partial charge in [-0.2, -0.15) is 0 Å². The highest BCUT2D eigenvalue weighted by atomic mass is 16.6. The predicted molar refractivity (Wildman–Crippen MR) is 174 cm³/mol. The van der Waals surface area contributed by atoms with E-state index in [1.165, 1.54) is 0 Å². The van der Waals surface area contributed by atoms with Crippen molar-refractivity contribution in [3.8, 4) is 0 Å². The molecule has 254 valence electrons. The summed E-state index contributed by atoms with van der Waals surface area (Å²) in [5.74, 6) is -0.958. The van der Waals surface area contributed by atoms with Crippen LogP contribution in [-0.2, 0) is 28.6 Å². The molecule has 0 aromatic carbocycles. The van der Waals surface area contributed by atoms with E-state index in [0.29, 0.717) is 38.5 Å². The van der Waals surface area contributed by atoms with Gasteiger partial charge < -0.3 is 19.3 Å². The largest absolute Gasteiger partial charge is 0.459 e. The third-order valence-corrected chi connectivity index (χ3v) is 7.35. The summed E-state index contributed by atoms with van der Waals surface area (Å²) in [6.45, 7) is 30.3. The molecular formula is C36H68O7. The fourth-order valence-electron chi connectivity index (χ4n) is 7.31.